The number of esters is 1. The van der Waals surface area contributed by atoms with Crippen molar-refractivity contribution in [1.82, 2.24) is 0 Å². The number of hydrogen-bond donors (Lipinski definition) is 1. The van der Waals surface area contributed by atoms with Gasteiger partial charge in [-0.2, -0.15) is 0 Å². The van der Waals surface area contributed by atoms with Gasteiger partial charge in [0.2, 0.25) is 0 Å². The van der Waals surface area contributed by atoms with Crippen LogP contribution in [0.1, 0.15) is 46.1 Å². The predicted molar refractivity (Wildman–Crippen MR) is 102 cm³/mol. The summed E-state index contributed by atoms with van der Waals surface area (Å²) in [5.74, 6) is 0.00805. The van der Waals surface area contributed by atoms with Crippen LogP contribution in [0.2, 0.25) is 0 Å². The number of rotatable bonds is 6. The summed E-state index contributed by atoms with van der Waals surface area (Å²) < 4.78 is 10.7. The summed E-state index contributed by atoms with van der Waals surface area (Å²) in [6, 6.07) is 7.54. The second-order valence-corrected chi connectivity index (χ2v) is 7.39. The van der Waals surface area contributed by atoms with Gasteiger partial charge >= 0.3 is 5.97 Å². The summed E-state index contributed by atoms with van der Waals surface area (Å²) in [6.45, 7) is 3.96. The second-order valence-electron chi connectivity index (χ2n) is 6.29. The number of amides is 1. The van der Waals surface area contributed by atoms with Gasteiger partial charge in [-0.3, -0.25) is 4.79 Å². The van der Waals surface area contributed by atoms with Crippen LogP contribution in [0.5, 0.6) is 5.75 Å². The average molecular weight is 373 g/mol. The molecule has 1 N–H and O–H groups in total. The van der Waals surface area contributed by atoms with Gasteiger partial charge in [-0.05, 0) is 62.8 Å². The third-order valence-corrected chi connectivity index (χ3v) is 5.47. The predicted octanol–water partition coefficient (Wildman–Crippen LogP) is 4.13. The molecule has 0 radical (unpaired) electrons. The van der Waals surface area contributed by atoms with E-state index >= 15 is 0 Å². The molecule has 6 heteroatoms. The first-order chi connectivity index (χ1) is 12.6. The lowest BCUT2D eigenvalue weighted by Crippen LogP contribution is -2.21. The summed E-state index contributed by atoms with van der Waals surface area (Å²) in [7, 11) is 0. The molecular formula is C20H23NO4S. The Bertz CT molecular complexity index is 812. The van der Waals surface area contributed by atoms with E-state index in [1.165, 1.54) is 16.2 Å². The van der Waals surface area contributed by atoms with Gasteiger partial charge in [0.25, 0.3) is 5.91 Å². The summed E-state index contributed by atoms with van der Waals surface area (Å²) in [6.07, 6.45) is 3.97. The van der Waals surface area contributed by atoms with E-state index in [-0.39, 0.29) is 18.5 Å². The van der Waals surface area contributed by atoms with Crippen LogP contribution in [0.25, 0.3) is 0 Å². The maximum absolute atomic E-state index is 12.4. The number of anilines is 1. The number of aryl methyl sites for hydroxylation is 2. The number of benzene rings is 1. The molecule has 138 valence electrons. The Morgan fingerprint density at radius 2 is 2.04 bits per heavy atom. The molecule has 0 unspecified atom stereocenters. The van der Waals surface area contributed by atoms with Gasteiger partial charge in [-0.1, -0.05) is 12.1 Å². The lowest BCUT2D eigenvalue weighted by molar-refractivity contribution is -0.118. The molecule has 0 spiro atoms. The van der Waals surface area contributed by atoms with Gasteiger partial charge in [0, 0.05) is 4.88 Å². The van der Waals surface area contributed by atoms with E-state index in [1.807, 2.05) is 31.2 Å². The second kappa shape index (κ2) is 8.36. The Balaban J connectivity index is 1.73. The highest BCUT2D eigenvalue weighted by atomic mass is 32.1. The van der Waals surface area contributed by atoms with Crippen LogP contribution in [0.15, 0.2) is 24.3 Å². The topological polar surface area (TPSA) is 64.6 Å². The Kier molecular flexibility index (Phi) is 5.93. The molecule has 1 aromatic heterocycles. The summed E-state index contributed by atoms with van der Waals surface area (Å²) in [5.41, 5.74) is 2.63. The number of fused-ring (bicyclic) bond motifs is 1. The van der Waals surface area contributed by atoms with E-state index < -0.39 is 0 Å². The third kappa shape index (κ3) is 4.25. The Morgan fingerprint density at radius 3 is 2.81 bits per heavy atom. The number of nitrogens with one attached hydrogen (secondary N) is 1. The van der Waals surface area contributed by atoms with Crippen molar-refractivity contribution in [2.45, 2.75) is 39.5 Å². The fraction of sp³-hybridized carbons (Fsp3) is 0.400. The minimum Gasteiger partial charge on any atom is -0.484 e. The van der Waals surface area contributed by atoms with Crippen LogP contribution >= 0.6 is 11.3 Å². The highest BCUT2D eigenvalue weighted by Gasteiger charge is 2.27. The summed E-state index contributed by atoms with van der Waals surface area (Å²) in [5, 5.41) is 3.42. The number of carbonyl (C=O) groups is 2. The molecule has 1 aliphatic rings. The van der Waals surface area contributed by atoms with Gasteiger partial charge in [0.1, 0.15) is 10.8 Å². The zero-order valence-corrected chi connectivity index (χ0v) is 15.9. The fourth-order valence-corrected chi connectivity index (χ4v) is 4.38. The van der Waals surface area contributed by atoms with E-state index in [0.29, 0.717) is 22.9 Å². The third-order valence-electron chi connectivity index (χ3n) is 4.26. The highest BCUT2D eigenvalue weighted by Crippen LogP contribution is 2.38. The smallest absolute Gasteiger partial charge is 0.341 e. The first kappa shape index (κ1) is 18.5. The molecule has 1 aliphatic carbocycles. The van der Waals surface area contributed by atoms with Crippen molar-refractivity contribution < 1.29 is 19.1 Å². The molecule has 1 amide bonds. The van der Waals surface area contributed by atoms with Crippen LogP contribution in [-0.4, -0.2) is 25.1 Å². The van der Waals surface area contributed by atoms with Gasteiger partial charge in [0.05, 0.1) is 12.2 Å². The SMILES string of the molecule is CCOC(=O)c1c(NC(=O)COc2cccc(C)c2)sc2c1CCCC2. The van der Waals surface area contributed by atoms with Gasteiger partial charge in [-0.15, -0.1) is 11.3 Å². The van der Waals surface area contributed by atoms with Crippen molar-refractivity contribution in [2.24, 2.45) is 0 Å². The molecule has 26 heavy (non-hydrogen) atoms. The largest absolute Gasteiger partial charge is 0.484 e. The Labute approximate surface area is 157 Å². The lowest BCUT2D eigenvalue weighted by Gasteiger charge is -2.12. The maximum Gasteiger partial charge on any atom is 0.341 e. The molecule has 0 aliphatic heterocycles. The Hall–Kier alpha value is -2.34. The zero-order chi connectivity index (χ0) is 18.5. The van der Waals surface area contributed by atoms with Crippen molar-refractivity contribution in [3.8, 4) is 5.75 Å². The van der Waals surface area contributed by atoms with E-state index in [4.69, 9.17) is 9.47 Å². The van der Waals surface area contributed by atoms with Gasteiger partial charge in [-0.25, -0.2) is 4.79 Å². The minimum absolute atomic E-state index is 0.103. The standard InChI is InChI=1S/C20H23NO4S/c1-3-24-20(23)18-15-9-4-5-10-16(15)26-19(18)21-17(22)12-25-14-8-6-7-13(2)11-14/h6-8,11H,3-5,9-10,12H2,1-2H3,(H,21,22). The first-order valence-corrected chi connectivity index (χ1v) is 9.71. The van der Waals surface area contributed by atoms with E-state index in [1.54, 1.807) is 6.92 Å². The zero-order valence-electron chi connectivity index (χ0n) is 15.1. The molecule has 5 nitrogen and oxygen atoms in total. The van der Waals surface area contributed by atoms with Crippen LogP contribution in [-0.2, 0) is 22.4 Å². The molecule has 1 heterocycles. The van der Waals surface area contributed by atoms with Gasteiger partial charge < -0.3 is 14.8 Å². The molecule has 0 fully saturated rings. The molecule has 0 bridgehead atoms. The van der Waals surface area contributed by atoms with Crippen LogP contribution in [0.3, 0.4) is 0 Å². The Morgan fingerprint density at radius 1 is 1.23 bits per heavy atom. The molecule has 0 atom stereocenters. The highest BCUT2D eigenvalue weighted by molar-refractivity contribution is 7.17. The molecule has 0 saturated heterocycles. The van der Waals surface area contributed by atoms with Crippen LogP contribution in [0, 0.1) is 6.92 Å². The van der Waals surface area contributed by atoms with Crippen molar-refractivity contribution >= 4 is 28.2 Å². The monoisotopic (exact) mass is 373 g/mol. The molecule has 2 aromatic rings. The minimum atomic E-state index is -0.359. The average Bonchev–Trinajstić information content (AvgIpc) is 2.98. The van der Waals surface area contributed by atoms with Crippen LogP contribution in [0.4, 0.5) is 5.00 Å². The quantitative estimate of drug-likeness (QED) is 0.773. The number of carbonyl (C=O) groups excluding carboxylic acids is 2. The fourth-order valence-electron chi connectivity index (χ4n) is 3.09. The summed E-state index contributed by atoms with van der Waals surface area (Å²) >= 11 is 1.48. The van der Waals surface area contributed by atoms with E-state index in [0.717, 1.165) is 36.8 Å². The molecular weight excluding hydrogens is 350 g/mol. The number of thiophene rings is 1. The molecule has 1 aromatic carbocycles. The molecule has 0 saturated carbocycles. The normalized spacial score (nSPS) is 13.0. The van der Waals surface area contributed by atoms with Crippen molar-refractivity contribution in [3.63, 3.8) is 0 Å². The summed E-state index contributed by atoms with van der Waals surface area (Å²) in [4.78, 5) is 25.9. The van der Waals surface area contributed by atoms with Gasteiger partial charge in [0.15, 0.2) is 6.61 Å². The van der Waals surface area contributed by atoms with Crippen LogP contribution < -0.4 is 10.1 Å². The van der Waals surface area contributed by atoms with Crippen molar-refractivity contribution in [1.29, 1.82) is 0 Å². The molecule has 3 rings (SSSR count). The maximum atomic E-state index is 12.4. The number of ether oxygens (including phenoxy) is 2. The van der Waals surface area contributed by atoms with Crippen molar-refractivity contribution in [3.05, 3.63) is 45.8 Å². The van der Waals surface area contributed by atoms with Crippen molar-refractivity contribution in [2.75, 3.05) is 18.5 Å². The van der Waals surface area contributed by atoms with E-state index in [9.17, 15) is 9.59 Å². The number of hydrogen-bond acceptors (Lipinski definition) is 5. The first-order valence-electron chi connectivity index (χ1n) is 8.89. The van der Waals surface area contributed by atoms with E-state index in [2.05, 4.69) is 5.32 Å². The lowest BCUT2D eigenvalue weighted by atomic mass is 9.95.